The molecule has 1 aromatic heterocycles. The first-order valence-electron chi connectivity index (χ1n) is 7.75. The van der Waals surface area contributed by atoms with Crippen LogP contribution in [0.4, 0.5) is 5.82 Å². The molecule has 112 valence electrons. The van der Waals surface area contributed by atoms with Crippen LogP contribution in [-0.2, 0) is 4.79 Å². The Kier molecular flexibility index (Phi) is 2.84. The summed E-state index contributed by atoms with van der Waals surface area (Å²) in [6, 6.07) is 0. The first kappa shape index (κ1) is 13.5. The molecule has 5 rings (SSSR count). The zero-order valence-electron chi connectivity index (χ0n) is 12.2. The number of nitrogens with one attached hydrogen (secondary N) is 1. The normalized spacial score (nSPS) is 40.3. The van der Waals surface area contributed by atoms with Crippen LogP contribution in [0.1, 0.15) is 45.4 Å². The highest BCUT2D eigenvalue weighted by Crippen LogP contribution is 2.65. The Labute approximate surface area is 129 Å². The fourth-order valence-electron chi connectivity index (χ4n) is 5.64. The van der Waals surface area contributed by atoms with Crippen LogP contribution in [0.15, 0.2) is 12.4 Å². The molecule has 4 nitrogen and oxygen atoms in total. The van der Waals surface area contributed by atoms with E-state index in [0.29, 0.717) is 16.4 Å². The van der Waals surface area contributed by atoms with Gasteiger partial charge in [-0.25, -0.2) is 4.98 Å². The van der Waals surface area contributed by atoms with Gasteiger partial charge in [0.05, 0.1) is 17.8 Å². The number of amides is 1. The van der Waals surface area contributed by atoms with Gasteiger partial charge in [-0.2, -0.15) is 0 Å². The van der Waals surface area contributed by atoms with Crippen molar-refractivity contribution < 1.29 is 4.79 Å². The van der Waals surface area contributed by atoms with Gasteiger partial charge in [0.1, 0.15) is 5.15 Å². The quantitative estimate of drug-likeness (QED) is 0.907. The summed E-state index contributed by atoms with van der Waals surface area (Å²) >= 11 is 5.84. The van der Waals surface area contributed by atoms with E-state index in [1.54, 1.807) is 6.20 Å². The van der Waals surface area contributed by atoms with Gasteiger partial charge in [-0.05, 0) is 55.8 Å². The number of hydrogen-bond acceptors (Lipinski definition) is 3. The molecule has 1 amide bonds. The van der Waals surface area contributed by atoms with Crippen LogP contribution in [-0.4, -0.2) is 15.9 Å². The topological polar surface area (TPSA) is 54.9 Å². The van der Waals surface area contributed by atoms with Crippen molar-refractivity contribution in [1.82, 2.24) is 9.97 Å². The summed E-state index contributed by atoms with van der Waals surface area (Å²) in [6.07, 6.45) is 10.1. The smallest absolute Gasteiger partial charge is 0.231 e. The Bertz CT molecular complexity index is 589. The maximum Gasteiger partial charge on any atom is 0.231 e. The van der Waals surface area contributed by atoms with Crippen LogP contribution in [0, 0.1) is 22.7 Å². The van der Waals surface area contributed by atoms with Crippen molar-refractivity contribution in [1.29, 1.82) is 0 Å². The minimum Gasteiger partial charge on any atom is -0.309 e. The molecule has 4 saturated carbocycles. The van der Waals surface area contributed by atoms with E-state index in [-0.39, 0.29) is 11.3 Å². The van der Waals surface area contributed by atoms with E-state index in [4.69, 9.17) is 11.6 Å². The Morgan fingerprint density at radius 2 is 2.00 bits per heavy atom. The molecular weight excluding hydrogens is 286 g/mol. The Hall–Kier alpha value is -1.16. The molecule has 4 aliphatic carbocycles. The first-order valence-corrected chi connectivity index (χ1v) is 8.13. The predicted octanol–water partition coefficient (Wildman–Crippen LogP) is 3.68. The Morgan fingerprint density at radius 1 is 1.29 bits per heavy atom. The highest BCUT2D eigenvalue weighted by molar-refractivity contribution is 6.29. The fraction of sp³-hybridized carbons (Fsp3) is 0.688. The molecule has 2 atom stereocenters. The predicted molar refractivity (Wildman–Crippen MR) is 80.9 cm³/mol. The summed E-state index contributed by atoms with van der Waals surface area (Å²) in [6.45, 7) is 2.37. The summed E-state index contributed by atoms with van der Waals surface area (Å²) in [5, 5.41) is 3.27. The van der Waals surface area contributed by atoms with E-state index in [1.165, 1.54) is 25.5 Å². The number of halogens is 1. The summed E-state index contributed by atoms with van der Waals surface area (Å²) in [5.41, 5.74) is 0.171. The standard InChI is InChI=1S/C16H20ClN3O/c1-15-3-10-2-11(4-15)6-16(5-10,9-15)14(21)20-13-8-18-7-12(17)19-13/h7-8,10-11H,2-6,9H2,1H3,(H,19,20,21). The highest BCUT2D eigenvalue weighted by atomic mass is 35.5. The van der Waals surface area contributed by atoms with Crippen molar-refractivity contribution in [3.05, 3.63) is 17.5 Å². The summed E-state index contributed by atoms with van der Waals surface area (Å²) < 4.78 is 0. The SMILES string of the molecule is CC12CC3CC(C1)CC(C(=O)Nc1cncc(Cl)n1)(C3)C2. The van der Waals surface area contributed by atoms with Gasteiger partial charge in [-0.3, -0.25) is 9.78 Å². The molecule has 1 N–H and O–H groups in total. The lowest BCUT2D eigenvalue weighted by molar-refractivity contribution is -0.149. The molecule has 1 heterocycles. The van der Waals surface area contributed by atoms with Crippen LogP contribution < -0.4 is 5.32 Å². The van der Waals surface area contributed by atoms with Crippen LogP contribution in [0.3, 0.4) is 0 Å². The van der Waals surface area contributed by atoms with E-state index in [2.05, 4.69) is 22.2 Å². The lowest BCUT2D eigenvalue weighted by atomic mass is 9.44. The molecule has 1 aromatic rings. The van der Waals surface area contributed by atoms with Gasteiger partial charge in [0, 0.05) is 0 Å². The zero-order chi connectivity index (χ0) is 14.7. The number of carbonyl (C=O) groups excluding carboxylic acids is 1. The van der Waals surface area contributed by atoms with Crippen LogP contribution in [0.2, 0.25) is 5.15 Å². The lowest BCUT2D eigenvalue weighted by Gasteiger charge is -2.60. The Balaban J connectivity index is 1.59. The van der Waals surface area contributed by atoms with Crippen molar-refractivity contribution in [3.8, 4) is 0 Å². The third-order valence-corrected chi connectivity index (χ3v) is 5.86. The minimum atomic E-state index is -0.192. The number of anilines is 1. The number of aromatic nitrogens is 2. The molecule has 0 saturated heterocycles. The van der Waals surface area contributed by atoms with Crippen molar-refractivity contribution in [3.63, 3.8) is 0 Å². The molecule has 4 aliphatic rings. The van der Waals surface area contributed by atoms with Crippen molar-refractivity contribution in [2.75, 3.05) is 5.32 Å². The van der Waals surface area contributed by atoms with E-state index in [0.717, 1.165) is 31.1 Å². The van der Waals surface area contributed by atoms with Crippen LogP contribution in [0.25, 0.3) is 0 Å². The van der Waals surface area contributed by atoms with E-state index >= 15 is 0 Å². The summed E-state index contributed by atoms with van der Waals surface area (Å²) in [5.74, 6) is 2.05. The fourth-order valence-corrected chi connectivity index (χ4v) is 5.78. The van der Waals surface area contributed by atoms with Crippen molar-refractivity contribution in [2.24, 2.45) is 22.7 Å². The van der Waals surface area contributed by atoms with Gasteiger partial charge < -0.3 is 5.32 Å². The third-order valence-electron chi connectivity index (χ3n) is 5.68. The second-order valence-corrected chi connectivity index (χ2v) is 8.12. The second kappa shape index (κ2) is 4.42. The lowest BCUT2D eigenvalue weighted by Crippen LogP contribution is -2.55. The number of carbonyl (C=O) groups is 1. The minimum absolute atomic E-state index is 0.124. The molecule has 0 spiro atoms. The van der Waals surface area contributed by atoms with Gasteiger partial charge in [-0.15, -0.1) is 0 Å². The molecular formula is C16H20ClN3O. The van der Waals surface area contributed by atoms with Gasteiger partial charge in [0.2, 0.25) is 5.91 Å². The molecule has 21 heavy (non-hydrogen) atoms. The third kappa shape index (κ3) is 2.24. The monoisotopic (exact) mass is 305 g/mol. The van der Waals surface area contributed by atoms with E-state index < -0.39 is 0 Å². The molecule has 5 heteroatoms. The molecule has 0 radical (unpaired) electrons. The second-order valence-electron chi connectivity index (χ2n) is 7.73. The average Bonchev–Trinajstić information content (AvgIpc) is 2.35. The average molecular weight is 306 g/mol. The molecule has 0 aliphatic heterocycles. The van der Waals surface area contributed by atoms with Crippen LogP contribution in [0.5, 0.6) is 0 Å². The number of nitrogens with zero attached hydrogens (tertiary/aromatic N) is 2. The highest BCUT2D eigenvalue weighted by Gasteiger charge is 2.58. The van der Waals surface area contributed by atoms with E-state index in [9.17, 15) is 4.79 Å². The molecule has 2 unspecified atom stereocenters. The first-order chi connectivity index (χ1) is 9.96. The van der Waals surface area contributed by atoms with Crippen LogP contribution >= 0.6 is 11.6 Å². The number of hydrogen-bond donors (Lipinski definition) is 1. The molecule has 4 bridgehead atoms. The van der Waals surface area contributed by atoms with Crippen molar-refractivity contribution >= 4 is 23.3 Å². The Morgan fingerprint density at radius 3 is 2.62 bits per heavy atom. The zero-order valence-corrected chi connectivity index (χ0v) is 13.0. The van der Waals surface area contributed by atoms with Gasteiger partial charge in [0.15, 0.2) is 5.82 Å². The van der Waals surface area contributed by atoms with Gasteiger partial charge in [0.25, 0.3) is 0 Å². The summed E-state index contributed by atoms with van der Waals surface area (Å²) in [4.78, 5) is 21.0. The van der Waals surface area contributed by atoms with E-state index in [1.807, 2.05) is 0 Å². The number of rotatable bonds is 2. The van der Waals surface area contributed by atoms with Gasteiger partial charge in [-0.1, -0.05) is 18.5 Å². The van der Waals surface area contributed by atoms with Crippen molar-refractivity contribution in [2.45, 2.75) is 45.4 Å². The molecule has 4 fully saturated rings. The maximum absolute atomic E-state index is 12.9. The molecule has 0 aromatic carbocycles. The maximum atomic E-state index is 12.9. The van der Waals surface area contributed by atoms with Gasteiger partial charge >= 0.3 is 0 Å². The summed E-state index contributed by atoms with van der Waals surface area (Å²) in [7, 11) is 0. The largest absolute Gasteiger partial charge is 0.309 e.